The third-order valence-corrected chi connectivity index (χ3v) is 9.58. The molecular formula is C31H32ClN2O8S2+. The van der Waals surface area contributed by atoms with Crippen LogP contribution in [0.2, 0.25) is 5.02 Å². The van der Waals surface area contributed by atoms with E-state index in [1.807, 2.05) is 60.0 Å². The molecule has 0 spiro atoms. The second-order valence-electron chi connectivity index (χ2n) is 10.6. The SMILES string of the molecule is CC(=Cc1oc2ccc(-c3ccccc3)cc2[n+]1CCC(C)S(=O)(=O)O)C=C1Oc2ccc(Cl)cc2N1CCCS(=O)(=O)O. The molecular weight excluding hydrogens is 628 g/mol. The molecule has 3 aromatic carbocycles. The van der Waals surface area contributed by atoms with Crippen molar-refractivity contribution in [3.8, 4) is 16.9 Å². The third-order valence-electron chi connectivity index (χ3n) is 7.28. The smallest absolute Gasteiger partial charge is 0.374 e. The van der Waals surface area contributed by atoms with Gasteiger partial charge in [0, 0.05) is 30.1 Å². The van der Waals surface area contributed by atoms with E-state index in [9.17, 15) is 25.9 Å². The number of hydrogen-bond acceptors (Lipinski definition) is 7. The van der Waals surface area contributed by atoms with Crippen LogP contribution in [0.1, 0.15) is 32.6 Å². The van der Waals surface area contributed by atoms with E-state index in [2.05, 4.69) is 0 Å². The van der Waals surface area contributed by atoms with Crippen molar-refractivity contribution >= 4 is 54.7 Å². The van der Waals surface area contributed by atoms with E-state index >= 15 is 0 Å². The molecule has 1 aliphatic heterocycles. The van der Waals surface area contributed by atoms with Crippen molar-refractivity contribution in [3.05, 3.63) is 95.2 Å². The van der Waals surface area contributed by atoms with Crippen molar-refractivity contribution < 1.29 is 39.7 Å². The number of allylic oxidation sites excluding steroid dienone is 2. The van der Waals surface area contributed by atoms with Crippen LogP contribution in [0.15, 0.2) is 88.7 Å². The Bertz CT molecular complexity index is 1970. The zero-order valence-corrected chi connectivity index (χ0v) is 26.4. The van der Waals surface area contributed by atoms with Crippen LogP contribution in [0.3, 0.4) is 0 Å². The zero-order chi connectivity index (χ0) is 31.6. The first-order valence-electron chi connectivity index (χ1n) is 13.9. The minimum atomic E-state index is -4.22. The Morgan fingerprint density at radius 2 is 1.77 bits per heavy atom. The summed E-state index contributed by atoms with van der Waals surface area (Å²) in [6, 6.07) is 20.8. The molecule has 2 heterocycles. The summed E-state index contributed by atoms with van der Waals surface area (Å²) in [6.07, 6.45) is 3.86. The summed E-state index contributed by atoms with van der Waals surface area (Å²) >= 11 is 6.22. The van der Waals surface area contributed by atoms with Gasteiger partial charge in [-0.15, -0.1) is 0 Å². The van der Waals surface area contributed by atoms with Crippen LogP contribution in [0, 0.1) is 0 Å². The highest BCUT2D eigenvalue weighted by Gasteiger charge is 2.28. The fourth-order valence-electron chi connectivity index (χ4n) is 4.96. The van der Waals surface area contributed by atoms with Gasteiger partial charge in [0.2, 0.25) is 11.5 Å². The fraction of sp³-hybridized carbons (Fsp3) is 0.258. The second-order valence-corrected chi connectivity index (χ2v) is 14.5. The Labute approximate surface area is 261 Å². The molecule has 0 saturated heterocycles. The van der Waals surface area contributed by atoms with Crippen molar-refractivity contribution in [3.63, 3.8) is 0 Å². The topological polar surface area (TPSA) is 138 Å². The van der Waals surface area contributed by atoms with Crippen LogP contribution in [-0.2, 0) is 26.8 Å². The van der Waals surface area contributed by atoms with Crippen molar-refractivity contribution in [1.29, 1.82) is 0 Å². The largest absolute Gasteiger partial charge is 0.439 e. The number of benzene rings is 3. The number of aromatic nitrogens is 1. The van der Waals surface area contributed by atoms with Gasteiger partial charge in [-0.2, -0.15) is 21.4 Å². The van der Waals surface area contributed by atoms with Crippen LogP contribution >= 0.6 is 11.6 Å². The average molecular weight is 660 g/mol. The Balaban J connectivity index is 1.52. The minimum Gasteiger partial charge on any atom is -0.439 e. The highest BCUT2D eigenvalue weighted by Crippen LogP contribution is 2.41. The van der Waals surface area contributed by atoms with Crippen LogP contribution in [0.4, 0.5) is 5.69 Å². The van der Waals surface area contributed by atoms with Gasteiger partial charge in [0.25, 0.3) is 25.8 Å². The molecule has 0 aliphatic carbocycles. The third kappa shape index (κ3) is 7.51. The van der Waals surface area contributed by atoms with Gasteiger partial charge in [-0.1, -0.05) is 48.0 Å². The second kappa shape index (κ2) is 12.7. The first kappa shape index (κ1) is 31.7. The number of nitrogens with zero attached hydrogens (tertiary/aromatic N) is 2. The summed E-state index contributed by atoms with van der Waals surface area (Å²) in [5.74, 6) is 1.03. The molecule has 1 aliphatic rings. The quantitative estimate of drug-likeness (QED) is 0.144. The molecule has 13 heteroatoms. The lowest BCUT2D eigenvalue weighted by Gasteiger charge is -2.18. The minimum absolute atomic E-state index is 0.146. The summed E-state index contributed by atoms with van der Waals surface area (Å²) in [5.41, 5.74) is 4.71. The van der Waals surface area contributed by atoms with Gasteiger partial charge in [0.1, 0.15) is 0 Å². The summed E-state index contributed by atoms with van der Waals surface area (Å²) in [5, 5.41) is -0.497. The van der Waals surface area contributed by atoms with Crippen LogP contribution in [-0.4, -0.2) is 43.5 Å². The first-order valence-corrected chi connectivity index (χ1v) is 17.4. The van der Waals surface area contributed by atoms with Crippen LogP contribution in [0.25, 0.3) is 28.3 Å². The van der Waals surface area contributed by atoms with E-state index < -0.39 is 31.2 Å². The Morgan fingerprint density at radius 1 is 1.02 bits per heavy atom. The number of aryl methyl sites for hydroxylation is 1. The van der Waals surface area contributed by atoms with E-state index in [0.29, 0.717) is 33.8 Å². The number of fused-ring (bicyclic) bond motifs is 2. The number of hydrogen-bond donors (Lipinski definition) is 2. The summed E-state index contributed by atoms with van der Waals surface area (Å²) in [4.78, 5) is 1.79. The molecule has 5 rings (SSSR count). The highest BCUT2D eigenvalue weighted by atomic mass is 35.5. The van der Waals surface area contributed by atoms with E-state index in [1.165, 1.54) is 6.92 Å². The molecule has 1 aromatic heterocycles. The molecule has 0 bridgehead atoms. The Morgan fingerprint density at radius 3 is 2.48 bits per heavy atom. The van der Waals surface area contributed by atoms with E-state index in [4.69, 9.17) is 20.8 Å². The molecule has 4 aromatic rings. The van der Waals surface area contributed by atoms with Gasteiger partial charge in [-0.3, -0.25) is 9.11 Å². The van der Waals surface area contributed by atoms with Gasteiger partial charge < -0.3 is 14.1 Å². The standard InChI is InChI=1S/C31H31ClN2O8S2/c1-21(17-30-33(14-6-16-43(35,36)37)27-20-25(32)10-12-29(27)42-30)18-31-34(15-13-22(2)44(38,39)40)26-19-24(9-11-28(26)41-31)23-7-4-3-5-8-23/h3-5,7-12,17-20,22H,6,13-16H2,1-2H3,(H-,35,36,37,38,39,40)/p+1. The van der Waals surface area contributed by atoms with Crippen molar-refractivity contribution in [2.75, 3.05) is 17.2 Å². The molecule has 10 nitrogen and oxygen atoms in total. The van der Waals surface area contributed by atoms with E-state index in [-0.39, 0.29) is 25.9 Å². The molecule has 0 radical (unpaired) electrons. The Kier molecular flexibility index (Phi) is 9.19. The average Bonchev–Trinajstić information content (AvgIpc) is 3.46. The summed E-state index contributed by atoms with van der Waals surface area (Å²) in [7, 11) is -8.35. The van der Waals surface area contributed by atoms with E-state index in [1.54, 1.807) is 35.3 Å². The number of halogens is 1. The lowest BCUT2D eigenvalue weighted by atomic mass is 10.1. The number of ether oxygens (including phenoxy) is 1. The Hall–Kier alpha value is -3.68. The molecule has 44 heavy (non-hydrogen) atoms. The number of oxazole rings is 1. The lowest BCUT2D eigenvalue weighted by molar-refractivity contribution is -0.678. The molecule has 0 saturated carbocycles. The first-order chi connectivity index (χ1) is 20.8. The molecule has 0 fully saturated rings. The maximum Gasteiger partial charge on any atom is 0.374 e. The monoisotopic (exact) mass is 659 g/mol. The van der Waals surface area contributed by atoms with Gasteiger partial charge in [0.15, 0.2) is 12.3 Å². The summed E-state index contributed by atoms with van der Waals surface area (Å²) in [6.45, 7) is 3.80. The molecule has 1 atom stereocenters. The fourth-order valence-corrected chi connectivity index (χ4v) is 6.02. The van der Waals surface area contributed by atoms with Crippen LogP contribution in [0.5, 0.6) is 5.75 Å². The molecule has 2 N–H and O–H groups in total. The van der Waals surface area contributed by atoms with Crippen molar-refractivity contribution in [1.82, 2.24) is 0 Å². The van der Waals surface area contributed by atoms with Gasteiger partial charge in [0.05, 0.1) is 22.8 Å². The van der Waals surface area contributed by atoms with E-state index in [0.717, 1.165) is 22.2 Å². The van der Waals surface area contributed by atoms with Crippen LogP contribution < -0.4 is 14.2 Å². The lowest BCUT2D eigenvalue weighted by Crippen LogP contribution is -2.37. The number of anilines is 1. The van der Waals surface area contributed by atoms with Crippen molar-refractivity contribution in [2.45, 2.75) is 38.5 Å². The highest BCUT2D eigenvalue weighted by molar-refractivity contribution is 7.86. The molecule has 0 amide bonds. The normalized spacial score (nSPS) is 15.5. The van der Waals surface area contributed by atoms with Gasteiger partial charge >= 0.3 is 5.89 Å². The maximum atomic E-state index is 11.8. The van der Waals surface area contributed by atoms with Gasteiger partial charge in [-0.25, -0.2) is 0 Å². The number of rotatable bonds is 11. The molecule has 1 unspecified atom stereocenters. The van der Waals surface area contributed by atoms with Gasteiger partial charge in [-0.05, 0) is 61.2 Å². The summed E-state index contributed by atoms with van der Waals surface area (Å²) < 4.78 is 79.1. The van der Waals surface area contributed by atoms with Crippen molar-refractivity contribution in [2.24, 2.45) is 0 Å². The predicted octanol–water partition coefficient (Wildman–Crippen LogP) is 6.13. The molecule has 232 valence electrons. The zero-order valence-electron chi connectivity index (χ0n) is 24.1. The predicted molar refractivity (Wildman–Crippen MR) is 170 cm³/mol. The maximum absolute atomic E-state index is 11.8.